The summed E-state index contributed by atoms with van der Waals surface area (Å²) in [4.78, 5) is 13.8. The van der Waals surface area contributed by atoms with Crippen molar-refractivity contribution in [3.8, 4) is 0 Å². The molecule has 1 aromatic carbocycles. The van der Waals surface area contributed by atoms with Gasteiger partial charge in [0.2, 0.25) is 5.95 Å². The van der Waals surface area contributed by atoms with Crippen LogP contribution in [0.4, 0.5) is 5.95 Å². The molecule has 0 aliphatic carbocycles. The van der Waals surface area contributed by atoms with Gasteiger partial charge in [-0.25, -0.2) is 9.97 Å². The minimum Gasteiger partial charge on any atom is -0.350 e. The number of hydrogen-bond acceptors (Lipinski definition) is 6. The van der Waals surface area contributed by atoms with Crippen LogP contribution >= 0.6 is 0 Å². The van der Waals surface area contributed by atoms with E-state index < -0.39 is 0 Å². The predicted octanol–water partition coefficient (Wildman–Crippen LogP) is 3.41. The molecule has 0 spiro atoms. The Kier molecular flexibility index (Phi) is 4.59. The Labute approximate surface area is 173 Å². The molecule has 0 saturated heterocycles. The number of fused-ring (bicyclic) bond motifs is 3. The minimum atomic E-state index is 0.608. The van der Waals surface area contributed by atoms with Gasteiger partial charge in [-0.1, -0.05) is 18.2 Å². The molecular formula is C22H22N8. The molecule has 0 aliphatic heterocycles. The van der Waals surface area contributed by atoms with Gasteiger partial charge in [0, 0.05) is 36.4 Å². The molecule has 0 atom stereocenters. The lowest BCUT2D eigenvalue weighted by atomic mass is 10.1. The van der Waals surface area contributed by atoms with Crippen molar-refractivity contribution >= 4 is 22.5 Å². The zero-order chi connectivity index (χ0) is 20.5. The predicted molar refractivity (Wildman–Crippen MR) is 115 cm³/mol. The van der Waals surface area contributed by atoms with Crippen LogP contribution in [0.3, 0.4) is 0 Å². The average molecular weight is 398 g/mol. The molecular weight excluding hydrogens is 376 g/mol. The Morgan fingerprint density at radius 3 is 2.73 bits per heavy atom. The minimum absolute atomic E-state index is 0.608. The maximum Gasteiger partial charge on any atom is 0.226 e. The molecule has 150 valence electrons. The smallest absolute Gasteiger partial charge is 0.226 e. The highest BCUT2D eigenvalue weighted by Crippen LogP contribution is 2.22. The van der Waals surface area contributed by atoms with Crippen LogP contribution in [0.5, 0.6) is 0 Å². The fourth-order valence-electron chi connectivity index (χ4n) is 3.68. The molecule has 5 rings (SSSR count). The first-order chi connectivity index (χ1) is 14.7. The summed E-state index contributed by atoms with van der Waals surface area (Å²) in [7, 11) is 0. The van der Waals surface area contributed by atoms with Crippen LogP contribution in [-0.4, -0.2) is 34.8 Å². The van der Waals surface area contributed by atoms with Crippen molar-refractivity contribution in [1.29, 1.82) is 0 Å². The summed E-state index contributed by atoms with van der Waals surface area (Å²) in [5.41, 5.74) is 6.13. The number of anilines is 1. The number of para-hydroxylation sites is 1. The molecule has 0 amide bonds. The standard InChI is InChI=1S/C22H22N8/c1-14-17(15(2)28-27-14)9-10-20-26-21-18-7-3-4-8-19(18)25-22(30(21)29-20)24-13-16-6-5-11-23-12-16/h3-8,11-12H,9-10,13H2,1-2H3,(H,24,25)(H,27,28). The number of aromatic nitrogens is 7. The summed E-state index contributed by atoms with van der Waals surface area (Å²) in [6.07, 6.45) is 5.19. The van der Waals surface area contributed by atoms with Crippen LogP contribution in [0.25, 0.3) is 16.6 Å². The number of aromatic amines is 1. The van der Waals surface area contributed by atoms with Gasteiger partial charge in [0.25, 0.3) is 0 Å². The number of hydrogen-bond donors (Lipinski definition) is 2. The molecule has 0 radical (unpaired) electrons. The van der Waals surface area contributed by atoms with Crippen molar-refractivity contribution in [3.05, 3.63) is 77.1 Å². The zero-order valence-electron chi connectivity index (χ0n) is 16.9. The molecule has 8 nitrogen and oxygen atoms in total. The van der Waals surface area contributed by atoms with E-state index in [1.807, 2.05) is 61.0 Å². The van der Waals surface area contributed by atoms with E-state index in [4.69, 9.17) is 15.1 Å². The second-order valence-electron chi connectivity index (χ2n) is 7.34. The lowest BCUT2D eigenvalue weighted by Gasteiger charge is -2.08. The number of pyridine rings is 1. The first kappa shape index (κ1) is 18.2. The lowest BCUT2D eigenvalue weighted by Crippen LogP contribution is -2.08. The third-order valence-electron chi connectivity index (χ3n) is 5.28. The maximum atomic E-state index is 4.84. The summed E-state index contributed by atoms with van der Waals surface area (Å²) < 4.78 is 1.81. The normalized spacial score (nSPS) is 11.4. The Morgan fingerprint density at radius 2 is 1.93 bits per heavy atom. The lowest BCUT2D eigenvalue weighted by molar-refractivity contribution is 0.823. The zero-order valence-corrected chi connectivity index (χ0v) is 16.9. The molecule has 0 fully saturated rings. The van der Waals surface area contributed by atoms with Crippen molar-refractivity contribution in [2.24, 2.45) is 0 Å². The van der Waals surface area contributed by atoms with E-state index in [2.05, 4.69) is 20.5 Å². The number of H-pyrrole nitrogens is 1. The van der Waals surface area contributed by atoms with Crippen LogP contribution in [0.2, 0.25) is 0 Å². The van der Waals surface area contributed by atoms with Crippen LogP contribution in [0, 0.1) is 13.8 Å². The SMILES string of the molecule is Cc1n[nH]c(C)c1CCc1nc2c3ccccc3nc(NCc3cccnc3)n2n1. The van der Waals surface area contributed by atoms with E-state index >= 15 is 0 Å². The maximum absolute atomic E-state index is 4.84. The van der Waals surface area contributed by atoms with Crippen LogP contribution in [-0.2, 0) is 19.4 Å². The number of benzene rings is 1. The molecule has 0 aliphatic rings. The second kappa shape index (κ2) is 7.55. The van der Waals surface area contributed by atoms with E-state index in [0.29, 0.717) is 12.5 Å². The summed E-state index contributed by atoms with van der Waals surface area (Å²) in [6.45, 7) is 4.68. The largest absolute Gasteiger partial charge is 0.350 e. The molecule has 2 N–H and O–H groups in total. The van der Waals surface area contributed by atoms with E-state index in [0.717, 1.165) is 52.2 Å². The number of nitrogens with one attached hydrogen (secondary N) is 2. The van der Waals surface area contributed by atoms with Crippen LogP contribution in [0.1, 0.15) is 28.3 Å². The fraction of sp³-hybridized carbons (Fsp3) is 0.227. The van der Waals surface area contributed by atoms with Gasteiger partial charge in [-0.3, -0.25) is 10.1 Å². The molecule has 4 heterocycles. The van der Waals surface area contributed by atoms with Gasteiger partial charge in [-0.15, -0.1) is 5.10 Å². The Hall–Kier alpha value is -3.81. The number of aryl methyl sites for hydroxylation is 3. The topological polar surface area (TPSA) is 96.7 Å². The average Bonchev–Trinajstić information content (AvgIpc) is 3.34. The molecule has 30 heavy (non-hydrogen) atoms. The third kappa shape index (κ3) is 3.36. The van der Waals surface area contributed by atoms with E-state index in [9.17, 15) is 0 Å². The quantitative estimate of drug-likeness (QED) is 0.455. The van der Waals surface area contributed by atoms with Crippen molar-refractivity contribution in [1.82, 2.24) is 34.8 Å². The highest BCUT2D eigenvalue weighted by molar-refractivity contribution is 5.92. The Bertz CT molecular complexity index is 1300. The van der Waals surface area contributed by atoms with Gasteiger partial charge in [0.15, 0.2) is 11.5 Å². The van der Waals surface area contributed by atoms with Gasteiger partial charge in [-0.05, 0) is 49.6 Å². The van der Waals surface area contributed by atoms with Gasteiger partial charge in [0.05, 0.1) is 11.2 Å². The highest BCUT2D eigenvalue weighted by atomic mass is 15.4. The van der Waals surface area contributed by atoms with Gasteiger partial charge >= 0.3 is 0 Å². The summed E-state index contributed by atoms with van der Waals surface area (Å²) >= 11 is 0. The van der Waals surface area contributed by atoms with E-state index in [1.54, 1.807) is 6.20 Å². The first-order valence-electron chi connectivity index (χ1n) is 9.96. The second-order valence-corrected chi connectivity index (χ2v) is 7.34. The molecule has 5 aromatic rings. The Morgan fingerprint density at radius 1 is 1.03 bits per heavy atom. The van der Waals surface area contributed by atoms with Gasteiger partial charge in [-0.2, -0.15) is 9.61 Å². The summed E-state index contributed by atoms with van der Waals surface area (Å²) in [6, 6.07) is 12.0. The molecule has 0 saturated carbocycles. The van der Waals surface area contributed by atoms with Crippen molar-refractivity contribution in [2.45, 2.75) is 33.2 Å². The fourth-order valence-corrected chi connectivity index (χ4v) is 3.68. The van der Waals surface area contributed by atoms with E-state index in [-0.39, 0.29) is 0 Å². The molecule has 4 aromatic heterocycles. The third-order valence-corrected chi connectivity index (χ3v) is 5.28. The number of rotatable bonds is 6. The monoisotopic (exact) mass is 398 g/mol. The summed E-state index contributed by atoms with van der Waals surface area (Å²) in [5.74, 6) is 1.46. The highest BCUT2D eigenvalue weighted by Gasteiger charge is 2.14. The van der Waals surface area contributed by atoms with Crippen molar-refractivity contribution in [3.63, 3.8) is 0 Å². The molecule has 0 bridgehead atoms. The van der Waals surface area contributed by atoms with E-state index in [1.165, 1.54) is 5.56 Å². The molecule has 8 heteroatoms. The molecule has 0 unspecified atom stereocenters. The van der Waals surface area contributed by atoms with Crippen LogP contribution < -0.4 is 5.32 Å². The van der Waals surface area contributed by atoms with Crippen molar-refractivity contribution in [2.75, 3.05) is 5.32 Å². The first-order valence-corrected chi connectivity index (χ1v) is 9.96. The number of nitrogens with zero attached hydrogens (tertiary/aromatic N) is 6. The van der Waals surface area contributed by atoms with Gasteiger partial charge in [0.1, 0.15) is 0 Å². The summed E-state index contributed by atoms with van der Waals surface area (Å²) in [5, 5.41) is 16.5. The Balaban J connectivity index is 1.50. The van der Waals surface area contributed by atoms with Crippen LogP contribution in [0.15, 0.2) is 48.8 Å². The van der Waals surface area contributed by atoms with Gasteiger partial charge < -0.3 is 5.32 Å². The van der Waals surface area contributed by atoms with Crippen molar-refractivity contribution < 1.29 is 0 Å².